The Morgan fingerprint density at radius 1 is 1.67 bits per heavy atom. The maximum Gasteiger partial charge on any atom is 0.312 e. The molecule has 5 nitrogen and oxygen atoms in total. The Kier molecular flexibility index (Phi) is 2.15. The molecule has 0 fully saturated rings. The van der Waals surface area contributed by atoms with Crippen LogP contribution in [0.2, 0.25) is 0 Å². The Balaban J connectivity index is 2.35. The highest BCUT2D eigenvalue weighted by molar-refractivity contribution is 5.98. The first-order valence-electron chi connectivity index (χ1n) is 4.59. The molecule has 1 aromatic rings. The number of hydrogen-bond donors (Lipinski definition) is 2. The number of hydrogen-bond acceptors (Lipinski definition) is 3. The van der Waals surface area contributed by atoms with Crippen LogP contribution < -0.4 is 5.32 Å². The van der Waals surface area contributed by atoms with E-state index in [1.54, 1.807) is 13.0 Å². The summed E-state index contributed by atoms with van der Waals surface area (Å²) >= 11 is 0. The van der Waals surface area contributed by atoms with Crippen LogP contribution in [-0.2, 0) is 16.0 Å². The summed E-state index contributed by atoms with van der Waals surface area (Å²) < 4.78 is 0. The van der Waals surface area contributed by atoms with E-state index in [-0.39, 0.29) is 5.91 Å². The van der Waals surface area contributed by atoms with Crippen molar-refractivity contribution >= 4 is 17.6 Å². The summed E-state index contributed by atoms with van der Waals surface area (Å²) in [6.45, 7) is 1.57. The summed E-state index contributed by atoms with van der Waals surface area (Å²) in [6, 6.07) is 1.67. The van der Waals surface area contributed by atoms with Crippen LogP contribution in [0.5, 0.6) is 0 Å². The molecule has 0 saturated carbocycles. The Morgan fingerprint density at radius 3 is 3.07 bits per heavy atom. The van der Waals surface area contributed by atoms with Gasteiger partial charge in [0.15, 0.2) is 0 Å². The van der Waals surface area contributed by atoms with Crippen molar-refractivity contribution in [1.82, 2.24) is 4.98 Å². The van der Waals surface area contributed by atoms with Crippen molar-refractivity contribution in [3.8, 4) is 0 Å². The SMILES string of the molecule is C[C@H](C(=O)O)c1cc2c(cn1)NC(=O)C2. The van der Waals surface area contributed by atoms with Crippen LogP contribution in [0.25, 0.3) is 0 Å². The van der Waals surface area contributed by atoms with Crippen LogP contribution >= 0.6 is 0 Å². The topological polar surface area (TPSA) is 79.3 Å². The summed E-state index contributed by atoms with van der Waals surface area (Å²) in [5, 5.41) is 11.5. The molecule has 1 aliphatic rings. The van der Waals surface area contributed by atoms with E-state index in [0.29, 0.717) is 17.8 Å². The Bertz CT molecular complexity index is 442. The Labute approximate surface area is 86.1 Å². The minimum Gasteiger partial charge on any atom is -0.481 e. The molecular weight excluding hydrogens is 196 g/mol. The molecule has 2 rings (SSSR count). The number of aliphatic carboxylic acids is 1. The predicted molar refractivity (Wildman–Crippen MR) is 52.6 cm³/mol. The van der Waals surface area contributed by atoms with Gasteiger partial charge in [-0.25, -0.2) is 0 Å². The fourth-order valence-electron chi connectivity index (χ4n) is 1.51. The average molecular weight is 206 g/mol. The molecule has 0 radical (unpaired) electrons. The van der Waals surface area contributed by atoms with Gasteiger partial charge in [-0.05, 0) is 18.6 Å². The maximum absolute atomic E-state index is 11.1. The van der Waals surface area contributed by atoms with Crippen LogP contribution in [0.15, 0.2) is 12.3 Å². The number of carbonyl (C=O) groups excluding carboxylic acids is 1. The van der Waals surface area contributed by atoms with Crippen molar-refractivity contribution in [2.45, 2.75) is 19.3 Å². The molecular formula is C10H10N2O3. The molecule has 1 aromatic heterocycles. The fraction of sp³-hybridized carbons (Fsp3) is 0.300. The molecule has 5 heteroatoms. The molecule has 0 unspecified atom stereocenters. The quantitative estimate of drug-likeness (QED) is 0.748. The zero-order chi connectivity index (χ0) is 11.0. The van der Waals surface area contributed by atoms with Crippen molar-refractivity contribution in [1.29, 1.82) is 0 Å². The molecule has 0 aliphatic carbocycles. The van der Waals surface area contributed by atoms with E-state index in [9.17, 15) is 9.59 Å². The number of rotatable bonds is 2. The number of anilines is 1. The van der Waals surface area contributed by atoms with Gasteiger partial charge in [0.2, 0.25) is 5.91 Å². The highest BCUT2D eigenvalue weighted by Gasteiger charge is 2.21. The molecule has 1 aliphatic heterocycles. The van der Waals surface area contributed by atoms with Crippen LogP contribution in [0.3, 0.4) is 0 Å². The monoisotopic (exact) mass is 206 g/mol. The average Bonchev–Trinajstić information content (AvgIpc) is 2.55. The molecule has 2 N–H and O–H groups in total. The molecule has 1 atom stereocenters. The number of amides is 1. The van der Waals surface area contributed by atoms with Gasteiger partial charge in [-0.2, -0.15) is 0 Å². The molecule has 15 heavy (non-hydrogen) atoms. The largest absolute Gasteiger partial charge is 0.481 e. The van der Waals surface area contributed by atoms with E-state index >= 15 is 0 Å². The first kappa shape index (κ1) is 9.64. The van der Waals surface area contributed by atoms with Crippen LogP contribution in [0.4, 0.5) is 5.69 Å². The lowest BCUT2D eigenvalue weighted by Crippen LogP contribution is -2.09. The van der Waals surface area contributed by atoms with Gasteiger partial charge in [0.1, 0.15) is 0 Å². The standard InChI is InChI=1S/C10H10N2O3/c1-5(10(14)15)7-2-6-3-9(13)12-8(6)4-11-7/h2,4-5H,3H2,1H3,(H,12,13)(H,14,15)/t5-/m0/s1. The summed E-state index contributed by atoms with van der Waals surface area (Å²) in [4.78, 5) is 25.8. The molecule has 78 valence electrons. The van der Waals surface area contributed by atoms with Gasteiger partial charge in [-0.3, -0.25) is 14.6 Å². The fourth-order valence-corrected chi connectivity index (χ4v) is 1.51. The summed E-state index contributed by atoms with van der Waals surface area (Å²) in [5.74, 6) is -1.64. The summed E-state index contributed by atoms with van der Waals surface area (Å²) in [5.41, 5.74) is 1.98. The van der Waals surface area contributed by atoms with Gasteiger partial charge in [0.05, 0.1) is 29.9 Å². The predicted octanol–water partition coefficient (Wildman–Crippen LogP) is 0.764. The highest BCUT2D eigenvalue weighted by Crippen LogP contribution is 2.25. The van der Waals surface area contributed by atoms with Crippen molar-refractivity contribution in [3.05, 3.63) is 23.5 Å². The lowest BCUT2D eigenvalue weighted by Gasteiger charge is -2.06. The first-order valence-corrected chi connectivity index (χ1v) is 4.59. The zero-order valence-corrected chi connectivity index (χ0v) is 8.15. The Morgan fingerprint density at radius 2 is 2.40 bits per heavy atom. The smallest absolute Gasteiger partial charge is 0.312 e. The van der Waals surface area contributed by atoms with E-state index < -0.39 is 11.9 Å². The third kappa shape index (κ3) is 1.68. The second-order valence-corrected chi connectivity index (χ2v) is 3.55. The zero-order valence-electron chi connectivity index (χ0n) is 8.15. The lowest BCUT2D eigenvalue weighted by molar-refractivity contribution is -0.138. The molecule has 0 bridgehead atoms. The second-order valence-electron chi connectivity index (χ2n) is 3.55. The molecule has 1 amide bonds. The molecule has 0 spiro atoms. The van der Waals surface area contributed by atoms with Crippen LogP contribution in [0.1, 0.15) is 24.1 Å². The van der Waals surface area contributed by atoms with Crippen molar-refractivity contribution in [3.63, 3.8) is 0 Å². The number of carbonyl (C=O) groups is 2. The number of carboxylic acids is 1. The first-order chi connectivity index (χ1) is 7.08. The van der Waals surface area contributed by atoms with Crippen LogP contribution in [0, 0.1) is 0 Å². The third-order valence-corrected chi connectivity index (χ3v) is 2.45. The molecule has 0 saturated heterocycles. The number of fused-ring (bicyclic) bond motifs is 1. The third-order valence-electron chi connectivity index (χ3n) is 2.45. The van der Waals surface area contributed by atoms with Crippen molar-refractivity contribution in [2.75, 3.05) is 5.32 Å². The van der Waals surface area contributed by atoms with Gasteiger partial charge in [-0.1, -0.05) is 0 Å². The van der Waals surface area contributed by atoms with E-state index in [1.165, 1.54) is 6.20 Å². The van der Waals surface area contributed by atoms with E-state index in [2.05, 4.69) is 10.3 Å². The van der Waals surface area contributed by atoms with E-state index in [0.717, 1.165) is 5.56 Å². The van der Waals surface area contributed by atoms with Gasteiger partial charge < -0.3 is 10.4 Å². The van der Waals surface area contributed by atoms with Gasteiger partial charge in [-0.15, -0.1) is 0 Å². The number of aromatic nitrogens is 1. The Hall–Kier alpha value is -1.91. The molecule has 0 aromatic carbocycles. The van der Waals surface area contributed by atoms with E-state index in [1.807, 2.05) is 0 Å². The summed E-state index contributed by atoms with van der Waals surface area (Å²) in [6.07, 6.45) is 1.81. The highest BCUT2D eigenvalue weighted by atomic mass is 16.4. The summed E-state index contributed by atoms with van der Waals surface area (Å²) in [7, 11) is 0. The van der Waals surface area contributed by atoms with Crippen molar-refractivity contribution in [2.24, 2.45) is 0 Å². The van der Waals surface area contributed by atoms with Gasteiger partial charge in [0, 0.05) is 0 Å². The van der Waals surface area contributed by atoms with Gasteiger partial charge >= 0.3 is 5.97 Å². The minimum atomic E-state index is -0.917. The van der Waals surface area contributed by atoms with Crippen molar-refractivity contribution < 1.29 is 14.7 Å². The van der Waals surface area contributed by atoms with Gasteiger partial charge in [0.25, 0.3) is 0 Å². The number of nitrogens with one attached hydrogen (secondary N) is 1. The number of pyridine rings is 1. The second kappa shape index (κ2) is 3.34. The number of nitrogens with zero attached hydrogens (tertiary/aromatic N) is 1. The lowest BCUT2D eigenvalue weighted by atomic mass is 10.0. The van der Waals surface area contributed by atoms with E-state index in [4.69, 9.17) is 5.11 Å². The molecule has 2 heterocycles. The normalized spacial score (nSPS) is 15.7. The minimum absolute atomic E-state index is 0.0769. The van der Waals surface area contributed by atoms with Crippen LogP contribution in [-0.4, -0.2) is 22.0 Å². The maximum atomic E-state index is 11.1. The number of carboxylic acid groups (broad SMARTS) is 1.